The lowest BCUT2D eigenvalue weighted by atomic mass is 9.66. The maximum Gasteiger partial charge on any atom is 0.165 e. The molecule has 5 heteroatoms. The highest BCUT2D eigenvalue weighted by atomic mass is 32.2. The number of hydrogen-bond donors (Lipinski definition) is 0. The quantitative estimate of drug-likeness (QED) is 0.173. The van der Waals surface area contributed by atoms with Crippen molar-refractivity contribution in [1.82, 2.24) is 19.5 Å². The van der Waals surface area contributed by atoms with Gasteiger partial charge in [0.15, 0.2) is 17.5 Å². The van der Waals surface area contributed by atoms with Gasteiger partial charge in [-0.25, -0.2) is 15.0 Å². The van der Waals surface area contributed by atoms with Gasteiger partial charge >= 0.3 is 0 Å². The van der Waals surface area contributed by atoms with Crippen molar-refractivity contribution in [1.29, 1.82) is 0 Å². The Kier molecular flexibility index (Phi) is 8.15. The van der Waals surface area contributed by atoms with Gasteiger partial charge in [0, 0.05) is 48.8 Å². The number of aromatic nitrogens is 4. The molecule has 3 heterocycles. The average molecular weight is 823 g/mol. The molecular weight excluding hydrogens is 785 g/mol. The van der Waals surface area contributed by atoms with Crippen LogP contribution >= 0.6 is 11.8 Å². The molecule has 3 aliphatic rings. The molecule has 0 fully saturated rings. The van der Waals surface area contributed by atoms with Crippen LogP contribution in [-0.4, -0.2) is 19.5 Å². The Morgan fingerprint density at radius 1 is 0.460 bits per heavy atom. The molecule has 0 bridgehead atoms. The van der Waals surface area contributed by atoms with Crippen LogP contribution in [0.15, 0.2) is 210 Å². The van der Waals surface area contributed by atoms with Gasteiger partial charge in [0.05, 0.1) is 10.9 Å². The second kappa shape index (κ2) is 14.2. The highest BCUT2D eigenvalue weighted by Crippen LogP contribution is 2.63. The molecule has 0 amide bonds. The molecule has 0 saturated heterocycles. The third-order valence-electron chi connectivity index (χ3n) is 13.2. The topological polar surface area (TPSA) is 43.6 Å². The second-order valence-electron chi connectivity index (χ2n) is 16.6. The number of rotatable bonds is 5. The minimum absolute atomic E-state index is 0.592. The zero-order valence-corrected chi connectivity index (χ0v) is 35.1. The molecule has 10 aromatic rings. The maximum absolute atomic E-state index is 5.26. The monoisotopic (exact) mass is 822 g/mol. The van der Waals surface area contributed by atoms with Gasteiger partial charge in [-0.3, -0.25) is 0 Å². The van der Waals surface area contributed by atoms with Crippen molar-refractivity contribution in [3.63, 3.8) is 0 Å². The predicted octanol–water partition coefficient (Wildman–Crippen LogP) is 14.3. The van der Waals surface area contributed by atoms with Crippen LogP contribution in [0, 0.1) is 0 Å². The van der Waals surface area contributed by atoms with Crippen LogP contribution in [0.3, 0.4) is 0 Å². The molecule has 0 N–H and O–H groups in total. The van der Waals surface area contributed by atoms with Gasteiger partial charge in [-0.2, -0.15) is 0 Å². The molecular formula is C58H38N4S. The Morgan fingerprint density at radius 3 is 1.73 bits per heavy atom. The number of para-hydroxylation sites is 1. The Bertz CT molecular complexity index is 3380. The summed E-state index contributed by atoms with van der Waals surface area (Å²) >= 11 is 1.83. The molecule has 0 atom stereocenters. The normalized spacial score (nSPS) is 13.9. The fraction of sp³-hybridized carbons (Fsp3) is 0.0517. The third-order valence-corrected chi connectivity index (χ3v) is 14.4. The van der Waals surface area contributed by atoms with Crippen LogP contribution in [0.5, 0.6) is 0 Å². The fourth-order valence-corrected chi connectivity index (χ4v) is 11.8. The predicted molar refractivity (Wildman–Crippen MR) is 257 cm³/mol. The zero-order chi connectivity index (χ0) is 41.5. The second-order valence-corrected chi connectivity index (χ2v) is 17.6. The minimum Gasteiger partial charge on any atom is -0.313 e. The van der Waals surface area contributed by atoms with Gasteiger partial charge in [-0.15, -0.1) is 0 Å². The van der Waals surface area contributed by atoms with E-state index in [1.807, 2.05) is 48.2 Å². The summed E-state index contributed by atoms with van der Waals surface area (Å²) in [5.74, 6) is 1.97. The molecule has 1 aliphatic heterocycles. The van der Waals surface area contributed by atoms with E-state index < -0.39 is 5.41 Å². The van der Waals surface area contributed by atoms with Crippen molar-refractivity contribution in [2.24, 2.45) is 0 Å². The first-order valence-electron chi connectivity index (χ1n) is 21.7. The van der Waals surface area contributed by atoms with E-state index in [9.17, 15) is 0 Å². The Labute approximate surface area is 370 Å². The van der Waals surface area contributed by atoms with E-state index in [4.69, 9.17) is 15.0 Å². The van der Waals surface area contributed by atoms with Crippen molar-refractivity contribution < 1.29 is 0 Å². The summed E-state index contributed by atoms with van der Waals surface area (Å²) in [6.07, 6.45) is 6.71. The largest absolute Gasteiger partial charge is 0.313 e. The molecule has 8 aromatic carbocycles. The molecule has 2 aromatic heterocycles. The van der Waals surface area contributed by atoms with Crippen molar-refractivity contribution >= 4 is 28.7 Å². The van der Waals surface area contributed by atoms with Crippen LogP contribution in [0.1, 0.15) is 39.9 Å². The van der Waals surface area contributed by atoms with Crippen molar-refractivity contribution in [3.05, 3.63) is 234 Å². The fourth-order valence-electron chi connectivity index (χ4n) is 10.5. The van der Waals surface area contributed by atoms with Crippen LogP contribution in [0.25, 0.3) is 79.1 Å². The highest BCUT2D eigenvalue weighted by Gasteiger charge is 2.50. The number of hydrogen-bond acceptors (Lipinski definition) is 4. The lowest BCUT2D eigenvalue weighted by Crippen LogP contribution is -2.32. The van der Waals surface area contributed by atoms with Crippen LogP contribution < -0.4 is 0 Å². The zero-order valence-electron chi connectivity index (χ0n) is 34.2. The molecule has 13 rings (SSSR count). The average Bonchev–Trinajstić information content (AvgIpc) is 3.85. The molecule has 4 nitrogen and oxygen atoms in total. The molecule has 63 heavy (non-hydrogen) atoms. The van der Waals surface area contributed by atoms with E-state index in [-0.39, 0.29) is 0 Å². The third kappa shape index (κ3) is 5.46. The molecule has 0 saturated carbocycles. The molecule has 0 unspecified atom stereocenters. The lowest BCUT2D eigenvalue weighted by Gasteiger charge is -2.40. The van der Waals surface area contributed by atoms with Gasteiger partial charge in [-0.1, -0.05) is 188 Å². The Balaban J connectivity index is 1.05. The van der Waals surface area contributed by atoms with Crippen molar-refractivity contribution in [3.8, 4) is 62.1 Å². The maximum atomic E-state index is 5.26. The van der Waals surface area contributed by atoms with E-state index in [0.29, 0.717) is 17.5 Å². The summed E-state index contributed by atoms with van der Waals surface area (Å²) in [4.78, 5) is 17.9. The number of fused-ring (bicyclic) bond motifs is 12. The molecule has 0 radical (unpaired) electrons. The number of allylic oxidation sites excluding steroid dienone is 1. The SMILES string of the molecule is C1=Cc2c(n(-c3ccccc3)c3cc(-c4ccc5c(c4)C4(c6ccccc6-c6ccccc64)c4cccc(-c6nc(-c7ccccc7)nc(-c7ccccc7)n6)c4S5)ccc23)CC1. The summed E-state index contributed by atoms with van der Waals surface area (Å²) in [5, 5.41) is 1.29. The van der Waals surface area contributed by atoms with E-state index >= 15 is 0 Å². The lowest BCUT2D eigenvalue weighted by molar-refractivity contribution is 0.723. The molecule has 296 valence electrons. The van der Waals surface area contributed by atoms with Crippen molar-refractivity contribution in [2.45, 2.75) is 28.0 Å². The molecule has 1 spiro atoms. The number of nitrogens with zero attached hydrogens (tertiary/aromatic N) is 4. The Morgan fingerprint density at radius 2 is 1.03 bits per heavy atom. The molecule has 2 aliphatic carbocycles. The summed E-state index contributed by atoms with van der Waals surface area (Å²) in [5.41, 5.74) is 17.5. The highest BCUT2D eigenvalue weighted by molar-refractivity contribution is 7.99. The van der Waals surface area contributed by atoms with Crippen LogP contribution in [0.4, 0.5) is 0 Å². The summed E-state index contributed by atoms with van der Waals surface area (Å²) in [7, 11) is 0. The van der Waals surface area contributed by atoms with E-state index in [0.717, 1.165) is 34.4 Å². The van der Waals surface area contributed by atoms with E-state index in [1.165, 1.54) is 77.3 Å². The standard InChI is InChI=1S/C58H38N4S/c1-4-17-37(18-5-1)55-59-56(38-19-6-2-7-20-38)61-57(60-55)46-26-16-29-49-54(46)63-53-34-32-39(35-50(53)58(49)47-27-13-10-23-42(47)43-24-11-14-28-48(43)58)40-31-33-45-44-25-12-15-30-51(44)62(52(45)36-40)41-21-8-3-9-22-41/h1-14,16-29,31-36H,15,30H2. The van der Waals surface area contributed by atoms with Crippen molar-refractivity contribution in [2.75, 3.05) is 0 Å². The van der Waals surface area contributed by atoms with Crippen LogP contribution in [0.2, 0.25) is 0 Å². The minimum atomic E-state index is -0.592. The summed E-state index contributed by atoms with van der Waals surface area (Å²) in [6, 6.07) is 70.3. The van der Waals surface area contributed by atoms with Gasteiger partial charge in [-0.05, 0) is 87.7 Å². The number of benzene rings is 8. The summed E-state index contributed by atoms with van der Waals surface area (Å²) < 4.78 is 2.49. The first kappa shape index (κ1) is 36.1. The van der Waals surface area contributed by atoms with Gasteiger partial charge in [0.25, 0.3) is 0 Å². The Hall–Kier alpha value is -7.60. The smallest absolute Gasteiger partial charge is 0.165 e. The van der Waals surface area contributed by atoms with E-state index in [1.54, 1.807) is 0 Å². The van der Waals surface area contributed by atoms with E-state index in [2.05, 4.69) is 174 Å². The van der Waals surface area contributed by atoms with Gasteiger partial charge in [0.1, 0.15) is 0 Å². The summed E-state index contributed by atoms with van der Waals surface area (Å²) in [6.45, 7) is 0. The first-order chi connectivity index (χ1) is 31.2. The van der Waals surface area contributed by atoms with Gasteiger partial charge < -0.3 is 4.57 Å². The van der Waals surface area contributed by atoms with Gasteiger partial charge in [0.2, 0.25) is 0 Å². The first-order valence-corrected chi connectivity index (χ1v) is 22.5. The van der Waals surface area contributed by atoms with Crippen LogP contribution in [-0.2, 0) is 11.8 Å².